The normalized spacial score (nSPS) is 21.3. The van der Waals surface area contributed by atoms with Gasteiger partial charge in [-0.2, -0.15) is 0 Å². The Morgan fingerprint density at radius 3 is 2.63 bits per heavy atom. The summed E-state index contributed by atoms with van der Waals surface area (Å²) in [5.41, 5.74) is 3.15. The first-order chi connectivity index (χ1) is 9.19. The van der Waals surface area contributed by atoms with Gasteiger partial charge in [-0.25, -0.2) is 0 Å². The van der Waals surface area contributed by atoms with Crippen LogP contribution in [0.5, 0.6) is 5.75 Å². The van der Waals surface area contributed by atoms with Gasteiger partial charge in [0.15, 0.2) is 5.78 Å². The number of allylic oxidation sites excluding steroid dienone is 1. The number of Topliss-reactive ketones (excluding diaryl/α,β-unsaturated/α-hetero) is 1. The molecule has 4 rings (SSSR count). The summed E-state index contributed by atoms with van der Waals surface area (Å²) in [7, 11) is 1.67. The third kappa shape index (κ3) is 2.14. The summed E-state index contributed by atoms with van der Waals surface area (Å²) in [4.78, 5) is 14.5. The van der Waals surface area contributed by atoms with Crippen LogP contribution < -0.4 is 4.74 Å². The second-order valence-electron chi connectivity index (χ2n) is 5.38. The van der Waals surface area contributed by atoms with Crippen molar-refractivity contribution in [3.63, 3.8) is 0 Å². The van der Waals surface area contributed by atoms with E-state index in [4.69, 9.17) is 4.74 Å². The molecule has 2 bridgehead atoms. The summed E-state index contributed by atoms with van der Waals surface area (Å²) in [6.07, 6.45) is 4.10. The summed E-state index contributed by atoms with van der Waals surface area (Å²) in [5.74, 6) is 1.44. The van der Waals surface area contributed by atoms with Crippen molar-refractivity contribution in [1.29, 1.82) is 0 Å². The van der Waals surface area contributed by atoms with Crippen molar-refractivity contribution in [1.82, 2.24) is 4.90 Å². The topological polar surface area (TPSA) is 29.5 Å². The summed E-state index contributed by atoms with van der Waals surface area (Å²) < 4.78 is 5.21. The van der Waals surface area contributed by atoms with Gasteiger partial charge in [0.25, 0.3) is 0 Å². The molecule has 1 aromatic rings. The molecule has 100 valence electrons. The third-order valence-corrected chi connectivity index (χ3v) is 4.23. The molecule has 3 heteroatoms. The van der Waals surface area contributed by atoms with E-state index in [0.717, 1.165) is 48.5 Å². The lowest BCUT2D eigenvalue weighted by atomic mass is 9.84. The van der Waals surface area contributed by atoms with Crippen LogP contribution in [-0.2, 0) is 4.79 Å². The van der Waals surface area contributed by atoms with Crippen LogP contribution in [-0.4, -0.2) is 30.9 Å². The molecular formula is C16H19NO2. The highest BCUT2D eigenvalue weighted by molar-refractivity contribution is 6.02. The molecule has 3 aliphatic heterocycles. The zero-order valence-electron chi connectivity index (χ0n) is 11.5. The first kappa shape index (κ1) is 12.3. The molecular weight excluding hydrogens is 238 g/mol. The van der Waals surface area contributed by atoms with E-state index in [1.54, 1.807) is 7.11 Å². The molecule has 3 heterocycles. The number of carbonyl (C=O) groups is 1. The van der Waals surface area contributed by atoms with E-state index < -0.39 is 0 Å². The number of nitrogens with zero attached hydrogens (tertiary/aromatic N) is 1. The van der Waals surface area contributed by atoms with E-state index in [9.17, 15) is 4.79 Å². The Hall–Kier alpha value is -1.77. The Labute approximate surface area is 113 Å². The molecule has 0 atom stereocenters. The smallest absolute Gasteiger partial charge is 0.182 e. The molecule has 19 heavy (non-hydrogen) atoms. The van der Waals surface area contributed by atoms with E-state index >= 15 is 0 Å². The van der Waals surface area contributed by atoms with Crippen LogP contribution in [0.4, 0.5) is 0 Å². The Morgan fingerprint density at radius 2 is 2.05 bits per heavy atom. The fraction of sp³-hybridized carbons (Fsp3) is 0.438. The molecule has 0 N–H and O–H groups in total. The predicted molar refractivity (Wildman–Crippen MR) is 75.0 cm³/mol. The molecule has 0 radical (unpaired) electrons. The number of hydrogen-bond acceptors (Lipinski definition) is 3. The SMILES string of the molecule is COc1ccc(/C=C2\C(=O)C3CCN2CC3)c(C)c1. The van der Waals surface area contributed by atoms with Crippen molar-refractivity contribution in [3.8, 4) is 5.75 Å². The maximum Gasteiger partial charge on any atom is 0.182 e. The van der Waals surface area contributed by atoms with Gasteiger partial charge in [0.2, 0.25) is 0 Å². The number of ether oxygens (including phenoxy) is 1. The van der Waals surface area contributed by atoms with E-state index in [2.05, 4.69) is 11.8 Å². The van der Waals surface area contributed by atoms with Gasteiger partial charge in [-0.1, -0.05) is 6.07 Å². The molecule has 3 saturated heterocycles. The van der Waals surface area contributed by atoms with Crippen LogP contribution in [0.2, 0.25) is 0 Å². The fourth-order valence-corrected chi connectivity index (χ4v) is 2.99. The highest BCUT2D eigenvalue weighted by atomic mass is 16.5. The number of carbonyl (C=O) groups excluding carboxylic acids is 1. The lowest BCUT2D eigenvalue weighted by molar-refractivity contribution is -0.125. The quantitative estimate of drug-likeness (QED) is 0.763. The van der Waals surface area contributed by atoms with Crippen LogP contribution in [0.1, 0.15) is 24.0 Å². The number of piperidine rings is 3. The molecule has 1 aromatic carbocycles. The standard InChI is InChI=1S/C16H19NO2/c1-11-9-14(19-2)4-3-13(11)10-15-16(18)12-5-7-17(15)8-6-12/h3-4,9-10,12H,5-8H2,1-2H3/b15-10+. The van der Waals surface area contributed by atoms with Gasteiger partial charge in [0, 0.05) is 19.0 Å². The first-order valence-corrected chi connectivity index (χ1v) is 6.84. The number of ketones is 1. The van der Waals surface area contributed by atoms with Crippen molar-refractivity contribution in [2.24, 2.45) is 5.92 Å². The second kappa shape index (κ2) is 4.72. The van der Waals surface area contributed by atoms with Gasteiger partial charge in [-0.15, -0.1) is 0 Å². The van der Waals surface area contributed by atoms with Crippen molar-refractivity contribution in [2.45, 2.75) is 19.8 Å². The summed E-state index contributed by atoms with van der Waals surface area (Å²) in [6.45, 7) is 4.10. The number of aryl methyl sites for hydroxylation is 1. The monoisotopic (exact) mass is 257 g/mol. The van der Waals surface area contributed by atoms with E-state index in [0.29, 0.717) is 5.78 Å². The lowest BCUT2D eigenvalue weighted by Gasteiger charge is -2.41. The second-order valence-corrected chi connectivity index (χ2v) is 5.38. The zero-order valence-corrected chi connectivity index (χ0v) is 11.5. The summed E-state index contributed by atoms with van der Waals surface area (Å²) >= 11 is 0. The van der Waals surface area contributed by atoms with Gasteiger partial charge >= 0.3 is 0 Å². The Bertz CT molecular complexity index is 540. The van der Waals surface area contributed by atoms with Crippen LogP contribution in [0.3, 0.4) is 0 Å². The van der Waals surface area contributed by atoms with Crippen molar-refractivity contribution >= 4 is 11.9 Å². The van der Waals surface area contributed by atoms with E-state index in [-0.39, 0.29) is 5.92 Å². The van der Waals surface area contributed by atoms with E-state index in [1.165, 1.54) is 0 Å². The number of benzene rings is 1. The van der Waals surface area contributed by atoms with Gasteiger partial charge in [0.1, 0.15) is 5.75 Å². The number of fused-ring (bicyclic) bond motifs is 3. The highest BCUT2D eigenvalue weighted by Crippen LogP contribution is 2.33. The van der Waals surface area contributed by atoms with Crippen molar-refractivity contribution in [2.75, 3.05) is 20.2 Å². The molecule has 0 amide bonds. The van der Waals surface area contributed by atoms with Gasteiger partial charge in [-0.05, 0) is 49.1 Å². The van der Waals surface area contributed by atoms with Gasteiger partial charge in [0.05, 0.1) is 12.8 Å². The average Bonchev–Trinajstić information content (AvgIpc) is 2.45. The molecule has 0 unspecified atom stereocenters. The molecule has 3 aliphatic rings. The zero-order chi connectivity index (χ0) is 13.4. The Kier molecular flexibility index (Phi) is 3.05. The van der Waals surface area contributed by atoms with Gasteiger partial charge in [-0.3, -0.25) is 4.79 Å². The number of methoxy groups -OCH3 is 1. The minimum absolute atomic E-state index is 0.259. The van der Waals surface area contributed by atoms with E-state index in [1.807, 2.05) is 24.3 Å². The van der Waals surface area contributed by atoms with Crippen LogP contribution in [0.15, 0.2) is 23.9 Å². The van der Waals surface area contributed by atoms with Crippen LogP contribution >= 0.6 is 0 Å². The Morgan fingerprint density at radius 1 is 1.32 bits per heavy atom. The highest BCUT2D eigenvalue weighted by Gasteiger charge is 2.36. The van der Waals surface area contributed by atoms with Gasteiger partial charge < -0.3 is 9.64 Å². The third-order valence-electron chi connectivity index (χ3n) is 4.23. The predicted octanol–water partition coefficient (Wildman–Crippen LogP) is 2.64. The molecule has 0 saturated carbocycles. The molecule has 0 spiro atoms. The maximum atomic E-state index is 12.3. The lowest BCUT2D eigenvalue weighted by Crippen LogP contribution is -2.45. The molecule has 3 nitrogen and oxygen atoms in total. The minimum atomic E-state index is 0.259. The Balaban J connectivity index is 1.95. The molecule has 0 aliphatic carbocycles. The average molecular weight is 257 g/mol. The largest absolute Gasteiger partial charge is 0.497 e. The summed E-state index contributed by atoms with van der Waals surface area (Å²) in [6, 6.07) is 5.98. The number of hydrogen-bond donors (Lipinski definition) is 0. The summed E-state index contributed by atoms with van der Waals surface area (Å²) in [5, 5.41) is 0. The van der Waals surface area contributed by atoms with Crippen LogP contribution in [0.25, 0.3) is 6.08 Å². The van der Waals surface area contributed by atoms with Crippen LogP contribution in [0, 0.1) is 12.8 Å². The maximum absolute atomic E-state index is 12.3. The fourth-order valence-electron chi connectivity index (χ4n) is 2.99. The van der Waals surface area contributed by atoms with Crippen molar-refractivity contribution in [3.05, 3.63) is 35.0 Å². The van der Waals surface area contributed by atoms with Crippen molar-refractivity contribution < 1.29 is 9.53 Å². The molecule has 0 aromatic heterocycles. The minimum Gasteiger partial charge on any atom is -0.497 e. The first-order valence-electron chi connectivity index (χ1n) is 6.84. The molecule has 3 fully saturated rings. The number of rotatable bonds is 2.